The molecule has 0 saturated carbocycles. The van der Waals surface area contributed by atoms with Crippen LogP contribution in [0.15, 0.2) is 47.4 Å². The van der Waals surface area contributed by atoms with Crippen molar-refractivity contribution in [2.45, 2.75) is 31.2 Å². The number of aryl methyl sites for hydroxylation is 1. The fourth-order valence-electron chi connectivity index (χ4n) is 2.74. The molecule has 2 rings (SSSR count). The summed E-state index contributed by atoms with van der Waals surface area (Å²) in [6, 6.07) is 11.7. The van der Waals surface area contributed by atoms with Crippen molar-refractivity contribution in [2.75, 3.05) is 25.6 Å². The maximum atomic E-state index is 12.5. The fourth-order valence-corrected chi connectivity index (χ4v) is 3.37. The Balaban J connectivity index is 2.11. The van der Waals surface area contributed by atoms with E-state index < -0.39 is 27.4 Å². The average Bonchev–Trinajstić information content (AvgIpc) is 2.73. The van der Waals surface area contributed by atoms with Gasteiger partial charge in [0.05, 0.1) is 18.6 Å². The molecule has 4 N–H and O–H groups in total. The molecule has 0 radical (unpaired) electrons. The van der Waals surface area contributed by atoms with Crippen molar-refractivity contribution in [3.63, 3.8) is 0 Å². The Bertz CT molecular complexity index is 1060. The number of hydrogen-bond donors (Lipinski definition) is 3. The van der Waals surface area contributed by atoms with Crippen molar-refractivity contribution in [1.29, 1.82) is 0 Å². The number of nitrogens with one attached hydrogen (secondary N) is 2. The molecule has 0 aliphatic heterocycles. The van der Waals surface area contributed by atoms with Crippen LogP contribution < -0.4 is 20.5 Å². The number of methoxy groups -OCH3 is 1. The molecule has 31 heavy (non-hydrogen) atoms. The van der Waals surface area contributed by atoms with Crippen molar-refractivity contribution in [1.82, 2.24) is 5.32 Å². The number of nitrogens with two attached hydrogens (primary N) is 1. The highest BCUT2D eigenvalue weighted by molar-refractivity contribution is 7.89. The summed E-state index contributed by atoms with van der Waals surface area (Å²) in [5.74, 6) is -0.516. The summed E-state index contributed by atoms with van der Waals surface area (Å²) >= 11 is 0. The third-order valence-corrected chi connectivity index (χ3v) is 5.68. The minimum Gasteiger partial charge on any atom is -0.491 e. The number of primary sulfonamides is 1. The molecule has 0 aliphatic rings. The van der Waals surface area contributed by atoms with Gasteiger partial charge in [-0.1, -0.05) is 18.2 Å². The standard InChI is InChI=1S/C21H27N3O6S/c1-14-10-17(31(22,27)28)11-18(15(14)2)24-19(25)12-23-21(3,20(26)29-4)13-30-16-8-6-5-7-9-16/h5-11,23H,12-13H2,1-4H3,(H,24,25)(H2,22,27,28). The summed E-state index contributed by atoms with van der Waals surface area (Å²) in [6.07, 6.45) is 0. The molecular formula is C21H27N3O6S. The molecule has 2 aromatic rings. The number of anilines is 1. The van der Waals surface area contributed by atoms with E-state index in [1.807, 2.05) is 6.07 Å². The van der Waals surface area contributed by atoms with Crippen molar-refractivity contribution < 1.29 is 27.5 Å². The van der Waals surface area contributed by atoms with E-state index in [1.54, 1.807) is 45.0 Å². The van der Waals surface area contributed by atoms with Crippen LogP contribution in [0.3, 0.4) is 0 Å². The van der Waals surface area contributed by atoms with Gasteiger partial charge in [-0.25, -0.2) is 18.4 Å². The number of hydrogen-bond acceptors (Lipinski definition) is 7. The van der Waals surface area contributed by atoms with Gasteiger partial charge in [0.2, 0.25) is 15.9 Å². The van der Waals surface area contributed by atoms with Gasteiger partial charge < -0.3 is 14.8 Å². The molecule has 0 aromatic heterocycles. The van der Waals surface area contributed by atoms with Crippen LogP contribution in [0.2, 0.25) is 0 Å². The van der Waals surface area contributed by atoms with Crippen LogP contribution in [0.1, 0.15) is 18.1 Å². The Kier molecular flexibility index (Phi) is 7.77. The molecule has 0 saturated heterocycles. The summed E-state index contributed by atoms with van der Waals surface area (Å²) in [7, 11) is -2.68. The Morgan fingerprint density at radius 2 is 1.77 bits per heavy atom. The van der Waals surface area contributed by atoms with Crippen LogP contribution in [0.4, 0.5) is 5.69 Å². The highest BCUT2D eigenvalue weighted by Crippen LogP contribution is 2.23. The second-order valence-electron chi connectivity index (χ2n) is 7.28. The number of para-hydroxylation sites is 1. The first kappa shape index (κ1) is 24.3. The third kappa shape index (κ3) is 6.51. The molecule has 1 atom stereocenters. The maximum absolute atomic E-state index is 12.5. The van der Waals surface area contributed by atoms with Gasteiger partial charge in [-0.15, -0.1) is 0 Å². The number of amides is 1. The lowest BCUT2D eigenvalue weighted by Gasteiger charge is -2.27. The Morgan fingerprint density at radius 3 is 2.35 bits per heavy atom. The first-order chi connectivity index (χ1) is 14.5. The van der Waals surface area contributed by atoms with Crippen LogP contribution in [0.25, 0.3) is 0 Å². The zero-order chi connectivity index (χ0) is 23.2. The monoisotopic (exact) mass is 449 g/mol. The summed E-state index contributed by atoms with van der Waals surface area (Å²) in [6.45, 7) is 4.70. The topological polar surface area (TPSA) is 137 Å². The zero-order valence-electron chi connectivity index (χ0n) is 17.9. The van der Waals surface area contributed by atoms with Gasteiger partial charge in [0.1, 0.15) is 17.9 Å². The fraction of sp³-hybridized carbons (Fsp3) is 0.333. The SMILES string of the molecule is COC(=O)C(C)(COc1ccccc1)NCC(=O)Nc1cc(S(N)(=O)=O)cc(C)c1C. The molecule has 0 spiro atoms. The van der Waals surface area contributed by atoms with Crippen molar-refractivity contribution >= 4 is 27.6 Å². The molecule has 2 aromatic carbocycles. The minimum atomic E-state index is -3.93. The second-order valence-corrected chi connectivity index (χ2v) is 8.85. The van der Waals surface area contributed by atoms with E-state index in [0.29, 0.717) is 22.6 Å². The average molecular weight is 450 g/mol. The van der Waals surface area contributed by atoms with E-state index in [1.165, 1.54) is 19.2 Å². The van der Waals surface area contributed by atoms with Gasteiger partial charge in [-0.05, 0) is 56.2 Å². The molecule has 1 amide bonds. The predicted molar refractivity (Wildman–Crippen MR) is 116 cm³/mol. The molecule has 0 heterocycles. The highest BCUT2D eigenvalue weighted by Gasteiger charge is 2.35. The summed E-state index contributed by atoms with van der Waals surface area (Å²) < 4.78 is 33.9. The van der Waals surface area contributed by atoms with Crippen molar-refractivity contribution in [3.05, 3.63) is 53.6 Å². The Morgan fingerprint density at radius 1 is 1.13 bits per heavy atom. The third-order valence-electron chi connectivity index (χ3n) is 4.79. The largest absolute Gasteiger partial charge is 0.491 e. The smallest absolute Gasteiger partial charge is 0.329 e. The molecule has 0 fully saturated rings. The molecule has 0 aliphatic carbocycles. The van der Waals surface area contributed by atoms with E-state index in [0.717, 1.165) is 0 Å². The number of carbonyl (C=O) groups is 2. The van der Waals surface area contributed by atoms with Crippen molar-refractivity contribution in [2.24, 2.45) is 5.14 Å². The number of benzene rings is 2. The van der Waals surface area contributed by atoms with E-state index in [2.05, 4.69) is 10.6 Å². The quantitative estimate of drug-likeness (QED) is 0.493. The van der Waals surface area contributed by atoms with E-state index in [4.69, 9.17) is 14.6 Å². The van der Waals surface area contributed by atoms with Gasteiger partial charge in [0, 0.05) is 5.69 Å². The molecule has 168 valence electrons. The van der Waals surface area contributed by atoms with Gasteiger partial charge in [0.15, 0.2) is 0 Å². The molecule has 1 unspecified atom stereocenters. The first-order valence-electron chi connectivity index (χ1n) is 9.41. The first-order valence-corrected chi connectivity index (χ1v) is 11.0. The lowest BCUT2D eigenvalue weighted by atomic mass is 10.0. The normalized spacial score (nSPS) is 13.2. The lowest BCUT2D eigenvalue weighted by Crippen LogP contribution is -2.56. The van der Waals surface area contributed by atoms with Crippen LogP contribution in [-0.4, -0.2) is 46.1 Å². The van der Waals surface area contributed by atoms with Crippen LogP contribution in [-0.2, 0) is 24.3 Å². The molecule has 10 heteroatoms. The minimum absolute atomic E-state index is 0.0734. The second kappa shape index (κ2) is 9.90. The maximum Gasteiger partial charge on any atom is 0.329 e. The number of sulfonamides is 1. The summed E-state index contributed by atoms with van der Waals surface area (Å²) in [4.78, 5) is 24.7. The van der Waals surface area contributed by atoms with Gasteiger partial charge in [0.25, 0.3) is 0 Å². The number of rotatable bonds is 9. The van der Waals surface area contributed by atoms with Crippen LogP contribution in [0, 0.1) is 13.8 Å². The van der Waals surface area contributed by atoms with Gasteiger partial charge >= 0.3 is 5.97 Å². The van der Waals surface area contributed by atoms with Crippen LogP contribution in [0.5, 0.6) is 5.75 Å². The molecule has 0 bridgehead atoms. The summed E-state index contributed by atoms with van der Waals surface area (Å²) in [5.41, 5.74) is 0.375. The number of esters is 1. The van der Waals surface area contributed by atoms with Gasteiger partial charge in [-0.3, -0.25) is 10.1 Å². The molecule has 9 nitrogen and oxygen atoms in total. The number of carbonyl (C=O) groups excluding carboxylic acids is 2. The Hall–Kier alpha value is -2.95. The highest BCUT2D eigenvalue weighted by atomic mass is 32.2. The Labute approximate surface area is 182 Å². The van der Waals surface area contributed by atoms with E-state index >= 15 is 0 Å². The van der Waals surface area contributed by atoms with Crippen LogP contribution >= 0.6 is 0 Å². The van der Waals surface area contributed by atoms with Gasteiger partial charge in [-0.2, -0.15) is 0 Å². The van der Waals surface area contributed by atoms with E-state index in [9.17, 15) is 18.0 Å². The zero-order valence-corrected chi connectivity index (χ0v) is 18.7. The predicted octanol–water partition coefficient (Wildman–Crippen LogP) is 1.49. The van der Waals surface area contributed by atoms with E-state index in [-0.39, 0.29) is 18.0 Å². The molecular weight excluding hydrogens is 422 g/mol. The van der Waals surface area contributed by atoms with Crippen molar-refractivity contribution in [3.8, 4) is 5.75 Å². The number of ether oxygens (including phenoxy) is 2. The summed E-state index contributed by atoms with van der Waals surface area (Å²) in [5, 5.41) is 10.7. The lowest BCUT2D eigenvalue weighted by molar-refractivity contribution is -0.149.